The molecule has 0 saturated heterocycles. The van der Waals surface area contributed by atoms with Crippen molar-refractivity contribution in [3.8, 4) is 0 Å². The monoisotopic (exact) mass is 800 g/mol. The van der Waals surface area contributed by atoms with Crippen molar-refractivity contribution in [2.24, 2.45) is 0 Å². The van der Waals surface area contributed by atoms with E-state index in [1.54, 1.807) is 0 Å². The van der Waals surface area contributed by atoms with Gasteiger partial charge in [-0.15, -0.1) is 0 Å². The molecule has 3 N–H and O–H groups in total. The zero-order chi connectivity index (χ0) is 40.3. The minimum absolute atomic E-state index is 0.0849. The fourth-order valence-corrected chi connectivity index (χ4v) is 7.17. The summed E-state index contributed by atoms with van der Waals surface area (Å²) in [5.41, 5.74) is 0. The fraction of sp³-hybridized carbons (Fsp3) is 0.867. The molecule has 55 heavy (non-hydrogen) atoms. The van der Waals surface area contributed by atoms with Gasteiger partial charge in [0.25, 0.3) is 0 Å². The zero-order valence-electron chi connectivity index (χ0n) is 35.6. The van der Waals surface area contributed by atoms with E-state index >= 15 is 0 Å². The molecule has 0 radical (unpaired) electrons. The Morgan fingerprint density at radius 2 is 0.982 bits per heavy atom. The van der Waals surface area contributed by atoms with Crippen LogP contribution in [0.2, 0.25) is 0 Å². The van der Waals surface area contributed by atoms with Gasteiger partial charge in [-0.2, -0.15) is 0 Å². The van der Waals surface area contributed by atoms with Crippen LogP contribution in [0.15, 0.2) is 24.3 Å². The molecule has 0 spiro atoms. The van der Waals surface area contributed by atoms with Crippen LogP contribution in [0.4, 0.5) is 0 Å². The van der Waals surface area contributed by atoms with Crippen LogP contribution in [0.1, 0.15) is 219 Å². The Morgan fingerprint density at radius 1 is 0.564 bits per heavy atom. The second kappa shape index (κ2) is 42.1. The van der Waals surface area contributed by atoms with Crippen molar-refractivity contribution < 1.29 is 37.9 Å². The predicted octanol–water partition coefficient (Wildman–Crippen LogP) is 12.8. The van der Waals surface area contributed by atoms with Gasteiger partial charge in [-0.3, -0.25) is 18.6 Å². The standard InChI is InChI=1S/C45H86NO8P/c1-3-5-7-9-11-13-15-17-19-20-21-22-24-26-28-30-32-34-36-38-45(49)52-41-43(47)42-54-55(50,51)53-40-39-46-44(48)37-35-33-31-29-27-25-23-18-16-14-12-10-8-6-4-2/h11,13,17,19,43,47H,3-10,12,14-16,18,20-42H2,1-2H3,(H,46,48)(H,50,51)/b13-11-,19-17-. The molecule has 2 atom stereocenters. The quantitative estimate of drug-likeness (QED) is 0.0240. The van der Waals surface area contributed by atoms with E-state index in [-0.39, 0.29) is 32.1 Å². The van der Waals surface area contributed by atoms with E-state index in [2.05, 4.69) is 43.5 Å². The topological polar surface area (TPSA) is 131 Å². The van der Waals surface area contributed by atoms with Gasteiger partial charge in [0.05, 0.1) is 13.2 Å². The van der Waals surface area contributed by atoms with Gasteiger partial charge in [0, 0.05) is 19.4 Å². The predicted molar refractivity (Wildman–Crippen MR) is 229 cm³/mol. The molecule has 9 nitrogen and oxygen atoms in total. The van der Waals surface area contributed by atoms with Gasteiger partial charge in [-0.25, -0.2) is 4.57 Å². The molecule has 2 unspecified atom stereocenters. The van der Waals surface area contributed by atoms with Crippen LogP contribution in [0.25, 0.3) is 0 Å². The van der Waals surface area contributed by atoms with E-state index in [1.165, 1.54) is 148 Å². The molecule has 0 saturated carbocycles. The van der Waals surface area contributed by atoms with E-state index in [9.17, 15) is 24.2 Å². The van der Waals surface area contributed by atoms with Gasteiger partial charge >= 0.3 is 13.8 Å². The Balaban J connectivity index is 3.57. The molecule has 0 aliphatic rings. The molecule has 1 amide bonds. The largest absolute Gasteiger partial charge is 0.472 e. The number of hydrogen-bond acceptors (Lipinski definition) is 7. The SMILES string of the molecule is CCCCC/C=C\C/C=C\CCCCCCCCCCCC(=O)OCC(O)COP(=O)(O)OCCNC(=O)CCCCCCCCCCCCCCCCC. The smallest absolute Gasteiger partial charge is 0.463 e. The molecule has 0 bridgehead atoms. The first-order valence-electron chi connectivity index (χ1n) is 22.8. The van der Waals surface area contributed by atoms with Gasteiger partial charge in [-0.1, -0.05) is 186 Å². The highest BCUT2D eigenvalue weighted by molar-refractivity contribution is 7.47. The van der Waals surface area contributed by atoms with Crippen LogP contribution in [-0.2, 0) is 27.9 Å². The molecular formula is C45H86NO8P. The third-order valence-electron chi connectivity index (χ3n) is 9.88. The number of ether oxygens (including phenoxy) is 1. The number of nitrogens with one attached hydrogen (secondary N) is 1. The molecular weight excluding hydrogens is 713 g/mol. The Kier molecular flexibility index (Phi) is 40.9. The summed E-state index contributed by atoms with van der Waals surface area (Å²) in [5.74, 6) is -0.513. The number of phosphoric ester groups is 1. The van der Waals surface area contributed by atoms with Crippen LogP contribution >= 0.6 is 7.82 Å². The lowest BCUT2D eigenvalue weighted by atomic mass is 10.0. The molecule has 0 aliphatic carbocycles. The molecule has 0 rings (SSSR count). The van der Waals surface area contributed by atoms with E-state index in [1.807, 2.05) is 0 Å². The van der Waals surface area contributed by atoms with Gasteiger partial charge in [0.15, 0.2) is 0 Å². The minimum atomic E-state index is -4.41. The Hall–Kier alpha value is -1.51. The van der Waals surface area contributed by atoms with Crippen LogP contribution in [0.5, 0.6) is 0 Å². The van der Waals surface area contributed by atoms with E-state index < -0.39 is 26.5 Å². The van der Waals surface area contributed by atoms with Gasteiger partial charge in [0.2, 0.25) is 5.91 Å². The summed E-state index contributed by atoms with van der Waals surface area (Å²) >= 11 is 0. The van der Waals surface area contributed by atoms with E-state index in [0.717, 1.165) is 44.9 Å². The minimum Gasteiger partial charge on any atom is -0.463 e. The van der Waals surface area contributed by atoms with Crippen molar-refractivity contribution in [3.63, 3.8) is 0 Å². The Morgan fingerprint density at radius 3 is 1.49 bits per heavy atom. The maximum atomic E-state index is 12.1. The molecule has 0 aromatic heterocycles. The van der Waals surface area contributed by atoms with Crippen LogP contribution < -0.4 is 5.32 Å². The first-order valence-corrected chi connectivity index (χ1v) is 24.3. The number of aliphatic hydroxyl groups excluding tert-OH is 1. The highest BCUT2D eigenvalue weighted by Crippen LogP contribution is 2.42. The average Bonchev–Trinajstić information content (AvgIpc) is 3.17. The Bertz CT molecular complexity index is 959. The van der Waals surface area contributed by atoms with Crippen LogP contribution in [-0.4, -0.2) is 54.3 Å². The van der Waals surface area contributed by atoms with Crippen molar-refractivity contribution in [2.75, 3.05) is 26.4 Å². The van der Waals surface area contributed by atoms with E-state index in [0.29, 0.717) is 6.42 Å². The molecule has 324 valence electrons. The summed E-state index contributed by atoms with van der Waals surface area (Å²) in [7, 11) is -4.41. The first-order chi connectivity index (χ1) is 26.8. The number of hydrogen-bond donors (Lipinski definition) is 3. The van der Waals surface area contributed by atoms with Gasteiger partial charge in [-0.05, 0) is 44.9 Å². The van der Waals surface area contributed by atoms with Crippen LogP contribution in [0, 0.1) is 0 Å². The maximum Gasteiger partial charge on any atom is 0.472 e. The molecule has 0 aliphatic heterocycles. The summed E-state index contributed by atoms with van der Waals surface area (Å²) in [6.45, 7) is 3.55. The number of aliphatic hydroxyl groups is 1. The average molecular weight is 800 g/mol. The zero-order valence-corrected chi connectivity index (χ0v) is 36.5. The second-order valence-electron chi connectivity index (χ2n) is 15.4. The highest BCUT2D eigenvalue weighted by Gasteiger charge is 2.23. The number of esters is 1. The lowest BCUT2D eigenvalue weighted by molar-refractivity contribution is -0.147. The molecule has 0 heterocycles. The molecule has 0 aromatic carbocycles. The molecule has 0 fully saturated rings. The van der Waals surface area contributed by atoms with Crippen molar-refractivity contribution in [1.82, 2.24) is 5.32 Å². The number of unbranched alkanes of at least 4 members (excludes halogenated alkanes) is 26. The lowest BCUT2D eigenvalue weighted by Crippen LogP contribution is -2.27. The summed E-state index contributed by atoms with van der Waals surface area (Å²) < 4.78 is 26.9. The van der Waals surface area contributed by atoms with E-state index in [4.69, 9.17) is 13.8 Å². The van der Waals surface area contributed by atoms with Crippen molar-refractivity contribution in [3.05, 3.63) is 24.3 Å². The third kappa shape index (κ3) is 43.5. The van der Waals surface area contributed by atoms with Crippen LogP contribution in [0.3, 0.4) is 0 Å². The molecule has 10 heteroatoms. The fourth-order valence-electron chi connectivity index (χ4n) is 6.41. The number of allylic oxidation sites excluding steroid dienone is 4. The number of carbonyl (C=O) groups excluding carboxylic acids is 2. The normalized spacial score (nSPS) is 13.5. The van der Waals surface area contributed by atoms with Crippen molar-refractivity contribution in [1.29, 1.82) is 0 Å². The third-order valence-corrected chi connectivity index (χ3v) is 10.9. The maximum absolute atomic E-state index is 12.1. The Labute approximate surface area is 338 Å². The van der Waals surface area contributed by atoms with Gasteiger partial charge in [0.1, 0.15) is 12.7 Å². The first kappa shape index (κ1) is 53.5. The van der Waals surface area contributed by atoms with Gasteiger partial charge < -0.3 is 20.1 Å². The second-order valence-corrected chi connectivity index (χ2v) is 16.8. The van der Waals surface area contributed by atoms with Crippen molar-refractivity contribution in [2.45, 2.75) is 225 Å². The molecule has 0 aromatic rings. The highest BCUT2D eigenvalue weighted by atomic mass is 31.2. The number of phosphoric acid groups is 1. The number of rotatable bonds is 43. The number of carbonyl (C=O) groups is 2. The summed E-state index contributed by atoms with van der Waals surface area (Å²) in [6, 6.07) is 0. The summed E-state index contributed by atoms with van der Waals surface area (Å²) in [6.07, 6.45) is 45.3. The lowest BCUT2D eigenvalue weighted by Gasteiger charge is -2.15. The number of amides is 1. The summed E-state index contributed by atoms with van der Waals surface area (Å²) in [4.78, 5) is 33.9. The van der Waals surface area contributed by atoms with Crippen molar-refractivity contribution >= 4 is 19.7 Å². The summed E-state index contributed by atoms with van der Waals surface area (Å²) in [5, 5.41) is 12.7.